The van der Waals surface area contributed by atoms with Crippen LogP contribution < -0.4 is 5.32 Å². The zero-order valence-corrected chi connectivity index (χ0v) is 9.23. The molecule has 1 N–H and O–H groups in total. The van der Waals surface area contributed by atoms with E-state index in [-0.39, 0.29) is 0 Å². The van der Waals surface area contributed by atoms with Crippen LogP contribution in [0.2, 0.25) is 0 Å². The summed E-state index contributed by atoms with van der Waals surface area (Å²) < 4.78 is 10.0. The van der Waals surface area contributed by atoms with Crippen molar-refractivity contribution in [2.45, 2.75) is 6.61 Å². The zero-order valence-electron chi connectivity index (χ0n) is 9.23. The van der Waals surface area contributed by atoms with Crippen LogP contribution in [-0.4, -0.2) is 24.3 Å². The molecule has 2 aromatic rings. The van der Waals surface area contributed by atoms with E-state index in [0.29, 0.717) is 18.3 Å². The summed E-state index contributed by atoms with van der Waals surface area (Å²) in [7, 11) is 3.47. The molecule has 0 bridgehead atoms. The van der Waals surface area contributed by atoms with Crippen LogP contribution in [0.4, 0.5) is 5.69 Å². The number of rotatable bonds is 4. The lowest BCUT2D eigenvalue weighted by molar-refractivity contribution is 0.174. The molecule has 84 valence electrons. The van der Waals surface area contributed by atoms with Crippen molar-refractivity contribution in [3.63, 3.8) is 0 Å². The predicted octanol–water partition coefficient (Wildman–Crippen LogP) is 1.92. The van der Waals surface area contributed by atoms with Crippen molar-refractivity contribution in [2.24, 2.45) is 0 Å². The van der Waals surface area contributed by atoms with Crippen molar-refractivity contribution in [2.75, 3.05) is 19.5 Å². The summed E-state index contributed by atoms with van der Waals surface area (Å²) in [5, 5.41) is 6.84. The summed E-state index contributed by atoms with van der Waals surface area (Å²) in [6.45, 7) is 0.359. The fourth-order valence-corrected chi connectivity index (χ4v) is 1.34. The van der Waals surface area contributed by atoms with Crippen LogP contribution in [0.5, 0.6) is 0 Å². The fourth-order valence-electron chi connectivity index (χ4n) is 1.34. The molecule has 1 aromatic heterocycles. The first-order valence-corrected chi connectivity index (χ1v) is 4.93. The molecule has 0 radical (unpaired) electrons. The van der Waals surface area contributed by atoms with Crippen molar-refractivity contribution in [3.8, 4) is 11.5 Å². The molecule has 1 aromatic carbocycles. The SMILES string of the molecule is CNc1ccc(-c2nc(COC)no2)cc1. The number of nitrogens with one attached hydrogen (secondary N) is 1. The van der Waals surface area contributed by atoms with Gasteiger partial charge in [-0.05, 0) is 24.3 Å². The van der Waals surface area contributed by atoms with Gasteiger partial charge in [-0.3, -0.25) is 0 Å². The molecule has 0 fully saturated rings. The van der Waals surface area contributed by atoms with Crippen molar-refractivity contribution in [3.05, 3.63) is 30.1 Å². The largest absolute Gasteiger partial charge is 0.388 e. The minimum atomic E-state index is 0.359. The van der Waals surface area contributed by atoms with Gasteiger partial charge in [0.25, 0.3) is 5.89 Å². The molecule has 0 amide bonds. The van der Waals surface area contributed by atoms with E-state index in [1.807, 2.05) is 31.3 Å². The number of benzene rings is 1. The van der Waals surface area contributed by atoms with Gasteiger partial charge >= 0.3 is 0 Å². The predicted molar refractivity (Wildman–Crippen MR) is 60.0 cm³/mol. The van der Waals surface area contributed by atoms with Gasteiger partial charge in [-0.15, -0.1) is 0 Å². The molecule has 0 aliphatic carbocycles. The monoisotopic (exact) mass is 219 g/mol. The van der Waals surface area contributed by atoms with E-state index in [0.717, 1.165) is 11.3 Å². The summed E-state index contributed by atoms with van der Waals surface area (Å²) in [5.41, 5.74) is 1.94. The summed E-state index contributed by atoms with van der Waals surface area (Å²) in [5.74, 6) is 1.06. The second-order valence-corrected chi connectivity index (χ2v) is 3.28. The molecule has 2 rings (SSSR count). The van der Waals surface area contributed by atoms with Crippen molar-refractivity contribution in [1.29, 1.82) is 0 Å². The van der Waals surface area contributed by atoms with E-state index in [4.69, 9.17) is 9.26 Å². The van der Waals surface area contributed by atoms with E-state index >= 15 is 0 Å². The fraction of sp³-hybridized carbons (Fsp3) is 0.273. The highest BCUT2D eigenvalue weighted by molar-refractivity contribution is 5.58. The Bertz CT molecular complexity index is 451. The Morgan fingerprint density at radius 2 is 2.06 bits per heavy atom. The summed E-state index contributed by atoms with van der Waals surface area (Å²) in [4.78, 5) is 4.20. The van der Waals surface area contributed by atoms with E-state index in [1.54, 1.807) is 7.11 Å². The van der Waals surface area contributed by atoms with Gasteiger partial charge in [0.15, 0.2) is 5.82 Å². The normalized spacial score (nSPS) is 10.4. The maximum absolute atomic E-state index is 5.12. The molecule has 1 heterocycles. The van der Waals surface area contributed by atoms with Crippen LogP contribution >= 0.6 is 0 Å². The number of ether oxygens (including phenoxy) is 1. The van der Waals surface area contributed by atoms with Crippen molar-refractivity contribution in [1.82, 2.24) is 10.1 Å². The van der Waals surface area contributed by atoms with E-state index in [2.05, 4.69) is 15.5 Å². The molecular formula is C11H13N3O2. The first kappa shape index (κ1) is 10.6. The average molecular weight is 219 g/mol. The molecule has 0 unspecified atom stereocenters. The lowest BCUT2D eigenvalue weighted by atomic mass is 10.2. The molecule has 0 saturated heterocycles. The minimum absolute atomic E-state index is 0.359. The Morgan fingerprint density at radius 3 is 2.69 bits per heavy atom. The Kier molecular flexibility index (Phi) is 3.16. The Labute approximate surface area is 93.4 Å². The van der Waals surface area contributed by atoms with Crippen LogP contribution in [0.1, 0.15) is 5.82 Å². The molecule has 0 saturated carbocycles. The maximum Gasteiger partial charge on any atom is 0.258 e. The molecule has 0 spiro atoms. The zero-order chi connectivity index (χ0) is 11.4. The summed E-state index contributed by atoms with van der Waals surface area (Å²) >= 11 is 0. The van der Waals surface area contributed by atoms with E-state index < -0.39 is 0 Å². The molecular weight excluding hydrogens is 206 g/mol. The number of methoxy groups -OCH3 is 1. The van der Waals surface area contributed by atoms with Crippen LogP contribution in [0, 0.1) is 0 Å². The Hall–Kier alpha value is -1.88. The van der Waals surface area contributed by atoms with E-state index in [9.17, 15) is 0 Å². The quantitative estimate of drug-likeness (QED) is 0.851. The van der Waals surface area contributed by atoms with Gasteiger partial charge in [0.05, 0.1) is 0 Å². The highest BCUT2D eigenvalue weighted by Crippen LogP contribution is 2.19. The standard InChI is InChI=1S/C11H13N3O2/c1-12-9-5-3-8(4-6-9)11-13-10(7-15-2)14-16-11/h3-6,12H,7H2,1-2H3. The van der Waals surface area contributed by atoms with Crippen LogP contribution in [0.15, 0.2) is 28.8 Å². The highest BCUT2D eigenvalue weighted by atomic mass is 16.5. The molecule has 0 aliphatic rings. The molecule has 0 atom stereocenters. The molecule has 5 heteroatoms. The maximum atomic E-state index is 5.12. The number of hydrogen-bond donors (Lipinski definition) is 1. The van der Waals surface area contributed by atoms with Crippen LogP contribution in [-0.2, 0) is 11.3 Å². The Morgan fingerprint density at radius 1 is 1.31 bits per heavy atom. The van der Waals surface area contributed by atoms with Crippen LogP contribution in [0.25, 0.3) is 11.5 Å². The summed E-state index contributed by atoms with van der Waals surface area (Å²) in [6, 6.07) is 7.76. The van der Waals surface area contributed by atoms with E-state index in [1.165, 1.54) is 0 Å². The van der Waals surface area contributed by atoms with Crippen LogP contribution in [0.3, 0.4) is 0 Å². The first-order chi connectivity index (χ1) is 7.83. The third kappa shape index (κ3) is 2.20. The van der Waals surface area contributed by atoms with Gasteiger partial charge in [-0.25, -0.2) is 0 Å². The van der Waals surface area contributed by atoms with Gasteiger partial charge in [0.2, 0.25) is 0 Å². The molecule has 16 heavy (non-hydrogen) atoms. The number of nitrogens with zero attached hydrogens (tertiary/aromatic N) is 2. The second-order valence-electron chi connectivity index (χ2n) is 3.28. The average Bonchev–Trinajstić information content (AvgIpc) is 2.78. The molecule has 5 nitrogen and oxygen atoms in total. The van der Waals surface area contributed by atoms with Crippen molar-refractivity contribution < 1.29 is 9.26 Å². The number of hydrogen-bond acceptors (Lipinski definition) is 5. The van der Waals surface area contributed by atoms with Gasteiger partial charge in [0.1, 0.15) is 6.61 Å². The lowest BCUT2D eigenvalue weighted by Crippen LogP contribution is -1.89. The third-order valence-electron chi connectivity index (χ3n) is 2.16. The first-order valence-electron chi connectivity index (χ1n) is 4.93. The highest BCUT2D eigenvalue weighted by Gasteiger charge is 2.07. The number of aromatic nitrogens is 2. The second kappa shape index (κ2) is 4.76. The van der Waals surface area contributed by atoms with Gasteiger partial charge in [-0.2, -0.15) is 4.98 Å². The Balaban J connectivity index is 2.21. The van der Waals surface area contributed by atoms with Gasteiger partial charge < -0.3 is 14.6 Å². The lowest BCUT2D eigenvalue weighted by Gasteiger charge is -1.99. The third-order valence-corrected chi connectivity index (χ3v) is 2.16. The van der Waals surface area contributed by atoms with Crippen molar-refractivity contribution >= 4 is 5.69 Å². The topological polar surface area (TPSA) is 60.2 Å². The smallest absolute Gasteiger partial charge is 0.258 e. The van der Waals surface area contributed by atoms with Gasteiger partial charge in [-0.1, -0.05) is 5.16 Å². The number of anilines is 1. The molecule has 0 aliphatic heterocycles. The minimum Gasteiger partial charge on any atom is -0.388 e. The van der Waals surface area contributed by atoms with Gasteiger partial charge in [0, 0.05) is 25.4 Å². The summed E-state index contributed by atoms with van der Waals surface area (Å²) in [6.07, 6.45) is 0.